The van der Waals surface area contributed by atoms with Crippen LogP contribution < -0.4 is 10.6 Å². The Morgan fingerprint density at radius 2 is 2.21 bits per heavy atom. The Morgan fingerprint density at radius 3 is 2.89 bits per heavy atom. The van der Waals surface area contributed by atoms with Gasteiger partial charge in [0.15, 0.2) is 5.65 Å². The van der Waals surface area contributed by atoms with Gasteiger partial charge in [-0.15, -0.1) is 0 Å². The number of carbonyl (C=O) groups is 1. The second kappa shape index (κ2) is 5.00. The Bertz CT molecular complexity index is 608. The summed E-state index contributed by atoms with van der Waals surface area (Å²) < 4.78 is 0. The molecule has 0 bridgehead atoms. The Labute approximate surface area is 115 Å². The van der Waals surface area contributed by atoms with Crippen molar-refractivity contribution in [3.8, 4) is 0 Å². The van der Waals surface area contributed by atoms with Crippen LogP contribution in [0.15, 0.2) is 6.20 Å². The minimum absolute atomic E-state index is 0.0522. The molecule has 8 heteroatoms. The molecule has 0 aromatic carbocycles. The zero-order valence-electron chi connectivity index (χ0n) is 10.9. The molecule has 2 rings (SSSR count). The normalized spacial score (nSPS) is 11.6. The summed E-state index contributed by atoms with van der Waals surface area (Å²) in [5, 5.41) is 13.2. The van der Waals surface area contributed by atoms with Gasteiger partial charge in [-0.1, -0.05) is 0 Å². The van der Waals surface area contributed by atoms with Gasteiger partial charge in [-0.25, -0.2) is 0 Å². The molecule has 2 aromatic rings. The maximum atomic E-state index is 11.7. The number of H-pyrrole nitrogens is 1. The standard InChI is InChI=1S/C11H15ClN6O/c1-11(2,9(19)13-3)5-14-7-6-4-15-18-8(6)17-10(12)16-7/h4H,5H2,1-3H3,(H,13,19)(H2,14,15,16,17,18). The summed E-state index contributed by atoms with van der Waals surface area (Å²) in [6.07, 6.45) is 1.61. The number of halogens is 1. The molecule has 0 atom stereocenters. The number of aromatic nitrogens is 4. The van der Waals surface area contributed by atoms with E-state index in [0.29, 0.717) is 18.0 Å². The van der Waals surface area contributed by atoms with Crippen molar-refractivity contribution in [3.05, 3.63) is 11.5 Å². The van der Waals surface area contributed by atoms with Crippen LogP contribution in [-0.2, 0) is 4.79 Å². The van der Waals surface area contributed by atoms with Crippen molar-refractivity contribution in [3.63, 3.8) is 0 Å². The molecule has 102 valence electrons. The van der Waals surface area contributed by atoms with Crippen LogP contribution in [0.25, 0.3) is 11.0 Å². The Balaban J connectivity index is 2.22. The van der Waals surface area contributed by atoms with Crippen molar-refractivity contribution >= 4 is 34.4 Å². The maximum absolute atomic E-state index is 11.7. The van der Waals surface area contributed by atoms with Crippen LogP contribution in [0.4, 0.5) is 5.82 Å². The number of carbonyl (C=O) groups excluding carboxylic acids is 1. The zero-order valence-corrected chi connectivity index (χ0v) is 11.7. The van der Waals surface area contributed by atoms with E-state index < -0.39 is 5.41 Å². The minimum atomic E-state index is -0.567. The number of rotatable bonds is 4. The van der Waals surface area contributed by atoms with Crippen LogP contribution in [0.5, 0.6) is 0 Å². The second-order valence-corrected chi connectivity index (χ2v) is 5.13. The number of anilines is 1. The number of fused-ring (bicyclic) bond motifs is 1. The number of hydrogen-bond donors (Lipinski definition) is 3. The van der Waals surface area contributed by atoms with Crippen molar-refractivity contribution in [2.75, 3.05) is 18.9 Å². The molecule has 0 aliphatic rings. The number of nitrogens with one attached hydrogen (secondary N) is 3. The smallest absolute Gasteiger partial charge is 0.227 e. The van der Waals surface area contributed by atoms with Crippen molar-refractivity contribution in [1.82, 2.24) is 25.5 Å². The molecule has 0 saturated carbocycles. The van der Waals surface area contributed by atoms with Crippen molar-refractivity contribution < 1.29 is 4.79 Å². The largest absolute Gasteiger partial charge is 0.368 e. The predicted octanol–water partition coefficient (Wildman–Crippen LogP) is 1.19. The average molecular weight is 283 g/mol. The summed E-state index contributed by atoms with van der Waals surface area (Å²) in [6, 6.07) is 0. The molecule has 7 nitrogen and oxygen atoms in total. The first-order valence-corrected chi connectivity index (χ1v) is 6.14. The fourth-order valence-electron chi connectivity index (χ4n) is 1.67. The van der Waals surface area contributed by atoms with Crippen molar-refractivity contribution in [2.24, 2.45) is 5.41 Å². The van der Waals surface area contributed by atoms with Crippen molar-refractivity contribution in [2.45, 2.75) is 13.8 Å². The van der Waals surface area contributed by atoms with E-state index in [9.17, 15) is 4.79 Å². The first kappa shape index (κ1) is 13.5. The molecule has 0 aliphatic carbocycles. The van der Waals surface area contributed by atoms with Crippen LogP contribution >= 0.6 is 11.6 Å². The van der Waals surface area contributed by atoms with Gasteiger partial charge < -0.3 is 10.6 Å². The van der Waals surface area contributed by atoms with Gasteiger partial charge >= 0.3 is 0 Å². The number of amides is 1. The Kier molecular flexibility index (Phi) is 3.57. The van der Waals surface area contributed by atoms with E-state index in [-0.39, 0.29) is 11.2 Å². The van der Waals surface area contributed by atoms with Crippen LogP contribution in [0.1, 0.15) is 13.8 Å². The highest BCUT2D eigenvalue weighted by Crippen LogP contribution is 2.22. The molecule has 1 amide bonds. The molecule has 19 heavy (non-hydrogen) atoms. The topological polar surface area (TPSA) is 95.6 Å². The van der Waals surface area contributed by atoms with E-state index in [0.717, 1.165) is 5.39 Å². The van der Waals surface area contributed by atoms with Gasteiger partial charge in [0.1, 0.15) is 5.82 Å². The summed E-state index contributed by atoms with van der Waals surface area (Å²) in [6.45, 7) is 4.10. The van der Waals surface area contributed by atoms with Crippen LogP contribution in [0.3, 0.4) is 0 Å². The monoisotopic (exact) mass is 282 g/mol. The lowest BCUT2D eigenvalue weighted by Crippen LogP contribution is -2.39. The molecule has 3 N–H and O–H groups in total. The first-order chi connectivity index (χ1) is 8.94. The van der Waals surface area contributed by atoms with Gasteiger partial charge in [-0.3, -0.25) is 9.89 Å². The number of hydrogen-bond acceptors (Lipinski definition) is 5. The number of aromatic amines is 1. The van der Waals surface area contributed by atoms with Gasteiger partial charge in [0.25, 0.3) is 0 Å². The maximum Gasteiger partial charge on any atom is 0.227 e. The molecule has 0 fully saturated rings. The summed E-state index contributed by atoms with van der Waals surface area (Å²) in [5.41, 5.74) is -0.0114. The highest BCUT2D eigenvalue weighted by molar-refractivity contribution is 6.28. The summed E-state index contributed by atoms with van der Waals surface area (Å²) in [5.74, 6) is 0.504. The highest BCUT2D eigenvalue weighted by Gasteiger charge is 2.26. The molecule has 0 aliphatic heterocycles. The van der Waals surface area contributed by atoms with E-state index in [1.807, 2.05) is 13.8 Å². The van der Waals surface area contributed by atoms with Gasteiger partial charge in [-0.2, -0.15) is 15.1 Å². The third kappa shape index (κ3) is 2.76. The van der Waals surface area contributed by atoms with E-state index in [2.05, 4.69) is 30.8 Å². The van der Waals surface area contributed by atoms with E-state index in [1.54, 1.807) is 13.2 Å². The molecule has 0 radical (unpaired) electrons. The van der Waals surface area contributed by atoms with Gasteiger partial charge in [0.2, 0.25) is 11.2 Å². The molecule has 2 heterocycles. The zero-order chi connectivity index (χ0) is 14.0. The fraction of sp³-hybridized carbons (Fsp3) is 0.455. The second-order valence-electron chi connectivity index (χ2n) is 4.79. The quantitative estimate of drug-likeness (QED) is 0.732. The first-order valence-electron chi connectivity index (χ1n) is 5.77. The van der Waals surface area contributed by atoms with Gasteiger partial charge in [0, 0.05) is 13.6 Å². The highest BCUT2D eigenvalue weighted by atomic mass is 35.5. The summed E-state index contributed by atoms with van der Waals surface area (Å²) in [7, 11) is 1.61. The van der Waals surface area contributed by atoms with E-state index in [4.69, 9.17) is 11.6 Å². The third-order valence-electron chi connectivity index (χ3n) is 2.82. The van der Waals surface area contributed by atoms with Gasteiger partial charge in [-0.05, 0) is 25.4 Å². The fourth-order valence-corrected chi connectivity index (χ4v) is 1.83. The van der Waals surface area contributed by atoms with E-state index >= 15 is 0 Å². The Hall–Kier alpha value is -1.89. The summed E-state index contributed by atoms with van der Waals surface area (Å²) in [4.78, 5) is 19.8. The Morgan fingerprint density at radius 1 is 1.47 bits per heavy atom. The SMILES string of the molecule is CNC(=O)C(C)(C)CNc1nc(Cl)nc2[nH]ncc12. The summed E-state index contributed by atoms with van der Waals surface area (Å²) >= 11 is 5.83. The van der Waals surface area contributed by atoms with Crippen molar-refractivity contribution in [1.29, 1.82) is 0 Å². The lowest BCUT2D eigenvalue weighted by atomic mass is 9.92. The number of nitrogens with zero attached hydrogens (tertiary/aromatic N) is 3. The lowest BCUT2D eigenvalue weighted by molar-refractivity contribution is -0.128. The molecular formula is C11H15ClN6O. The average Bonchev–Trinajstić information content (AvgIpc) is 2.82. The molecule has 0 saturated heterocycles. The molecular weight excluding hydrogens is 268 g/mol. The minimum Gasteiger partial charge on any atom is -0.368 e. The lowest BCUT2D eigenvalue weighted by Gasteiger charge is -2.23. The molecule has 0 unspecified atom stereocenters. The van der Waals surface area contributed by atoms with E-state index in [1.165, 1.54) is 0 Å². The predicted molar refractivity (Wildman–Crippen MR) is 73.0 cm³/mol. The van der Waals surface area contributed by atoms with Crippen LogP contribution in [-0.4, -0.2) is 39.7 Å². The molecule has 2 aromatic heterocycles. The van der Waals surface area contributed by atoms with Gasteiger partial charge in [0.05, 0.1) is 17.0 Å². The molecule has 0 spiro atoms. The van der Waals surface area contributed by atoms with Crippen LogP contribution in [0.2, 0.25) is 5.28 Å². The van der Waals surface area contributed by atoms with Crippen LogP contribution in [0, 0.1) is 5.41 Å². The third-order valence-corrected chi connectivity index (χ3v) is 2.99.